The van der Waals surface area contributed by atoms with Crippen LogP contribution in [-0.2, 0) is 14.8 Å². The summed E-state index contributed by atoms with van der Waals surface area (Å²) >= 11 is 3.37. The lowest BCUT2D eigenvalue weighted by Crippen LogP contribution is -2.42. The van der Waals surface area contributed by atoms with E-state index in [2.05, 4.69) is 25.6 Å². The Bertz CT molecular complexity index is 857. The molecule has 0 spiro atoms. The molecule has 0 saturated carbocycles. The highest BCUT2D eigenvalue weighted by atomic mass is 79.9. The van der Waals surface area contributed by atoms with Crippen molar-refractivity contribution in [1.29, 1.82) is 0 Å². The topological polar surface area (TPSA) is 78.8 Å². The van der Waals surface area contributed by atoms with Crippen LogP contribution in [-0.4, -0.2) is 37.4 Å². The van der Waals surface area contributed by atoms with E-state index < -0.39 is 10.0 Å². The number of nitrogens with zero attached hydrogens (tertiary/aromatic N) is 2. The highest BCUT2D eigenvalue weighted by Gasteiger charge is 2.30. The summed E-state index contributed by atoms with van der Waals surface area (Å²) in [4.78, 5) is 14.3. The number of hydrogen-bond donors (Lipinski definition) is 1. The van der Waals surface area contributed by atoms with Crippen molar-refractivity contribution < 1.29 is 13.2 Å². The SMILES string of the molecule is C[C@@H](NC(=O)C1=CC=CN2CCS(=O)(=O)N=C12)c1ccc(Br)cc1. The molecule has 126 valence electrons. The highest BCUT2D eigenvalue weighted by molar-refractivity contribution is 9.10. The Hall–Kier alpha value is -1.93. The van der Waals surface area contributed by atoms with Gasteiger partial charge in [0, 0.05) is 17.2 Å². The van der Waals surface area contributed by atoms with Crippen molar-refractivity contribution in [3.05, 3.63) is 58.2 Å². The minimum absolute atomic E-state index is 0.0506. The van der Waals surface area contributed by atoms with E-state index in [1.165, 1.54) is 0 Å². The number of amidine groups is 1. The quantitative estimate of drug-likeness (QED) is 0.828. The van der Waals surface area contributed by atoms with Crippen LogP contribution in [0.15, 0.2) is 57.1 Å². The number of rotatable bonds is 3. The first kappa shape index (κ1) is 16.9. The lowest BCUT2D eigenvalue weighted by molar-refractivity contribution is -0.117. The van der Waals surface area contributed by atoms with Gasteiger partial charge in [0.05, 0.1) is 17.4 Å². The molecule has 24 heavy (non-hydrogen) atoms. The Labute approximate surface area is 149 Å². The minimum atomic E-state index is -3.52. The second-order valence-electron chi connectivity index (χ2n) is 5.56. The molecule has 0 aliphatic carbocycles. The summed E-state index contributed by atoms with van der Waals surface area (Å²) in [5.74, 6) is -0.217. The maximum absolute atomic E-state index is 12.6. The summed E-state index contributed by atoms with van der Waals surface area (Å²) in [6, 6.07) is 7.42. The number of allylic oxidation sites excluding steroid dienone is 2. The number of nitrogens with one attached hydrogen (secondary N) is 1. The van der Waals surface area contributed by atoms with Crippen LogP contribution in [0.1, 0.15) is 18.5 Å². The first-order valence-corrected chi connectivity index (χ1v) is 9.80. The van der Waals surface area contributed by atoms with Gasteiger partial charge in [-0.2, -0.15) is 0 Å². The lowest BCUT2D eigenvalue weighted by atomic mass is 10.1. The van der Waals surface area contributed by atoms with E-state index in [0.717, 1.165) is 10.0 Å². The molecule has 0 aromatic heterocycles. The molecule has 3 rings (SSSR count). The Balaban J connectivity index is 1.81. The van der Waals surface area contributed by atoms with E-state index in [1.807, 2.05) is 31.2 Å². The Morgan fingerprint density at radius 3 is 2.75 bits per heavy atom. The maximum atomic E-state index is 12.6. The third-order valence-electron chi connectivity index (χ3n) is 3.82. The first-order valence-electron chi connectivity index (χ1n) is 7.40. The predicted molar refractivity (Wildman–Crippen MR) is 95.9 cm³/mol. The average molecular weight is 410 g/mol. The fourth-order valence-corrected chi connectivity index (χ4v) is 3.75. The van der Waals surface area contributed by atoms with Crippen molar-refractivity contribution in [2.75, 3.05) is 12.3 Å². The second-order valence-corrected chi connectivity index (χ2v) is 8.23. The van der Waals surface area contributed by atoms with Gasteiger partial charge in [0.15, 0.2) is 5.84 Å². The number of hydrogen-bond acceptors (Lipinski definition) is 4. The molecule has 8 heteroatoms. The number of amides is 1. The molecule has 2 aliphatic rings. The standard InChI is InChI=1S/C16H16BrN3O3S/c1-11(12-4-6-13(17)7-5-12)18-16(21)14-3-2-8-20-9-10-24(22,23)19-15(14)20/h2-8,11H,9-10H2,1H3,(H,18,21)/t11-/m1/s1. The third kappa shape index (κ3) is 3.59. The fourth-order valence-electron chi connectivity index (χ4n) is 2.50. The smallest absolute Gasteiger partial charge is 0.256 e. The molecule has 2 heterocycles. The van der Waals surface area contributed by atoms with Gasteiger partial charge in [-0.05, 0) is 36.8 Å². The molecule has 0 fully saturated rings. The Morgan fingerprint density at radius 2 is 2.04 bits per heavy atom. The molecular weight excluding hydrogens is 394 g/mol. The summed E-state index contributed by atoms with van der Waals surface area (Å²) in [6.45, 7) is 2.17. The van der Waals surface area contributed by atoms with Crippen molar-refractivity contribution in [3.63, 3.8) is 0 Å². The monoisotopic (exact) mass is 409 g/mol. The molecule has 1 amide bonds. The molecule has 1 N–H and O–H groups in total. The van der Waals surface area contributed by atoms with Gasteiger partial charge in [0.25, 0.3) is 15.9 Å². The molecule has 0 radical (unpaired) electrons. The summed E-state index contributed by atoms with van der Waals surface area (Å²) in [5.41, 5.74) is 1.21. The minimum Gasteiger partial charge on any atom is -0.345 e. The maximum Gasteiger partial charge on any atom is 0.256 e. The Morgan fingerprint density at radius 1 is 1.33 bits per heavy atom. The molecule has 6 nitrogen and oxygen atoms in total. The van der Waals surface area contributed by atoms with E-state index in [9.17, 15) is 13.2 Å². The largest absolute Gasteiger partial charge is 0.345 e. The van der Waals surface area contributed by atoms with Gasteiger partial charge < -0.3 is 10.2 Å². The molecule has 1 aromatic carbocycles. The molecule has 2 aliphatic heterocycles. The number of halogens is 1. The van der Waals surface area contributed by atoms with E-state index in [1.54, 1.807) is 23.3 Å². The average Bonchev–Trinajstić information content (AvgIpc) is 2.54. The van der Waals surface area contributed by atoms with Gasteiger partial charge in [-0.3, -0.25) is 4.79 Å². The lowest BCUT2D eigenvalue weighted by Gasteiger charge is -2.29. The van der Waals surface area contributed by atoms with Crippen LogP contribution in [0.2, 0.25) is 0 Å². The number of benzene rings is 1. The Kier molecular flexibility index (Phi) is 4.60. The van der Waals surface area contributed by atoms with Crippen LogP contribution < -0.4 is 5.32 Å². The van der Waals surface area contributed by atoms with E-state index >= 15 is 0 Å². The van der Waals surface area contributed by atoms with Crippen LogP contribution in [0.4, 0.5) is 0 Å². The van der Waals surface area contributed by atoms with E-state index in [0.29, 0.717) is 6.54 Å². The van der Waals surface area contributed by atoms with Crippen LogP contribution in [0, 0.1) is 0 Å². The number of sulfonamides is 1. The van der Waals surface area contributed by atoms with Crippen LogP contribution in [0.3, 0.4) is 0 Å². The first-order chi connectivity index (χ1) is 11.4. The summed E-state index contributed by atoms with van der Waals surface area (Å²) < 4.78 is 28.2. The summed E-state index contributed by atoms with van der Waals surface area (Å²) in [6.07, 6.45) is 5.03. The van der Waals surface area contributed by atoms with Gasteiger partial charge in [-0.15, -0.1) is 4.40 Å². The van der Waals surface area contributed by atoms with Crippen molar-refractivity contribution in [2.45, 2.75) is 13.0 Å². The molecule has 1 aromatic rings. The van der Waals surface area contributed by atoms with Crippen molar-refractivity contribution in [2.24, 2.45) is 4.40 Å². The third-order valence-corrected chi connectivity index (χ3v) is 5.50. The van der Waals surface area contributed by atoms with Gasteiger partial charge in [-0.25, -0.2) is 8.42 Å². The second kappa shape index (κ2) is 6.52. The van der Waals surface area contributed by atoms with Crippen LogP contribution >= 0.6 is 15.9 Å². The summed E-state index contributed by atoms with van der Waals surface area (Å²) in [7, 11) is -3.52. The predicted octanol–water partition coefficient (Wildman–Crippen LogP) is 2.12. The number of fused-ring (bicyclic) bond motifs is 1. The van der Waals surface area contributed by atoms with Crippen molar-refractivity contribution >= 4 is 37.7 Å². The van der Waals surface area contributed by atoms with Crippen molar-refractivity contribution in [3.8, 4) is 0 Å². The molecule has 0 saturated heterocycles. The zero-order valence-corrected chi connectivity index (χ0v) is 15.3. The normalized spacial score (nSPS) is 19.8. The van der Waals surface area contributed by atoms with Gasteiger partial charge >= 0.3 is 0 Å². The fraction of sp³-hybridized carbons (Fsp3) is 0.250. The highest BCUT2D eigenvalue weighted by Crippen LogP contribution is 2.20. The van der Waals surface area contributed by atoms with E-state index in [4.69, 9.17) is 0 Å². The number of carbonyl (C=O) groups excluding carboxylic acids is 1. The molecule has 0 unspecified atom stereocenters. The van der Waals surface area contributed by atoms with Gasteiger partial charge in [-0.1, -0.05) is 28.1 Å². The molecule has 1 atom stereocenters. The molecular formula is C16H16BrN3O3S. The molecule has 0 bridgehead atoms. The van der Waals surface area contributed by atoms with Gasteiger partial charge in [0.2, 0.25) is 0 Å². The van der Waals surface area contributed by atoms with Crippen LogP contribution in [0.25, 0.3) is 0 Å². The van der Waals surface area contributed by atoms with E-state index in [-0.39, 0.29) is 29.1 Å². The number of carbonyl (C=O) groups is 1. The summed E-state index contributed by atoms with van der Waals surface area (Å²) in [5, 5.41) is 2.89. The van der Waals surface area contributed by atoms with Crippen LogP contribution in [0.5, 0.6) is 0 Å². The van der Waals surface area contributed by atoms with Crippen molar-refractivity contribution in [1.82, 2.24) is 10.2 Å². The zero-order valence-electron chi connectivity index (χ0n) is 12.9. The van der Waals surface area contributed by atoms with Gasteiger partial charge in [0.1, 0.15) is 0 Å². The zero-order chi connectivity index (χ0) is 17.3.